The van der Waals surface area contributed by atoms with Crippen molar-refractivity contribution in [3.8, 4) is 0 Å². The second-order valence-corrected chi connectivity index (χ2v) is 4.03. The van der Waals surface area contributed by atoms with E-state index in [2.05, 4.69) is 0 Å². The van der Waals surface area contributed by atoms with Gasteiger partial charge in [-0.05, 0) is 19.8 Å². The van der Waals surface area contributed by atoms with Crippen molar-refractivity contribution in [1.82, 2.24) is 4.90 Å². The zero-order chi connectivity index (χ0) is 12.7. The summed E-state index contributed by atoms with van der Waals surface area (Å²) in [4.78, 5) is 24.9. The average molecular weight is 237 g/mol. The van der Waals surface area contributed by atoms with Crippen LogP contribution < -0.4 is 0 Å². The van der Waals surface area contributed by atoms with Gasteiger partial charge in [-0.2, -0.15) is 0 Å². The van der Waals surface area contributed by atoms with E-state index in [9.17, 15) is 9.59 Å². The maximum atomic E-state index is 11.8. The first-order chi connectivity index (χ1) is 8.19. The highest BCUT2D eigenvalue weighted by atomic mass is 16.5. The monoisotopic (exact) mass is 237 g/mol. The van der Waals surface area contributed by atoms with Crippen molar-refractivity contribution in [2.75, 3.05) is 20.2 Å². The van der Waals surface area contributed by atoms with Gasteiger partial charge in [0.15, 0.2) is 0 Å². The number of esters is 1. The van der Waals surface area contributed by atoms with E-state index in [1.54, 1.807) is 17.1 Å². The predicted molar refractivity (Wildman–Crippen MR) is 65.3 cm³/mol. The Morgan fingerprint density at radius 1 is 1.35 bits per heavy atom. The van der Waals surface area contributed by atoms with E-state index in [1.165, 1.54) is 13.2 Å². The van der Waals surface area contributed by atoms with Crippen molar-refractivity contribution < 1.29 is 14.3 Å². The van der Waals surface area contributed by atoms with Crippen LogP contribution >= 0.6 is 0 Å². The Balaban J connectivity index is 2.54. The van der Waals surface area contributed by atoms with Gasteiger partial charge in [0.1, 0.15) is 0 Å². The Morgan fingerprint density at radius 3 is 2.76 bits per heavy atom. The molecule has 0 unspecified atom stereocenters. The SMILES string of the molecule is CC=C/C=C/C(=O)N1CCC[C@H](C(=O)OC)C1. The summed E-state index contributed by atoms with van der Waals surface area (Å²) < 4.78 is 4.71. The summed E-state index contributed by atoms with van der Waals surface area (Å²) in [5.74, 6) is -0.440. The molecule has 0 aromatic carbocycles. The third-order valence-electron chi connectivity index (χ3n) is 2.81. The topological polar surface area (TPSA) is 46.6 Å². The fraction of sp³-hybridized carbons (Fsp3) is 0.538. The van der Waals surface area contributed by atoms with Crippen molar-refractivity contribution in [2.24, 2.45) is 5.92 Å². The molecule has 0 spiro atoms. The van der Waals surface area contributed by atoms with Gasteiger partial charge < -0.3 is 9.64 Å². The van der Waals surface area contributed by atoms with Crippen LogP contribution in [0.5, 0.6) is 0 Å². The van der Waals surface area contributed by atoms with Gasteiger partial charge in [0.25, 0.3) is 0 Å². The number of carbonyl (C=O) groups excluding carboxylic acids is 2. The van der Waals surface area contributed by atoms with E-state index in [4.69, 9.17) is 4.74 Å². The number of methoxy groups -OCH3 is 1. The normalized spacial score (nSPS) is 21.1. The van der Waals surface area contributed by atoms with Gasteiger partial charge >= 0.3 is 5.97 Å². The summed E-state index contributed by atoms with van der Waals surface area (Å²) in [5, 5.41) is 0. The lowest BCUT2D eigenvalue weighted by molar-refractivity contribution is -0.148. The number of piperidine rings is 1. The molecule has 4 heteroatoms. The number of hydrogen-bond acceptors (Lipinski definition) is 3. The van der Waals surface area contributed by atoms with Crippen molar-refractivity contribution in [3.05, 3.63) is 24.3 Å². The van der Waals surface area contributed by atoms with E-state index in [0.29, 0.717) is 13.1 Å². The Morgan fingerprint density at radius 2 is 2.12 bits per heavy atom. The minimum absolute atomic E-state index is 0.0447. The number of nitrogens with zero attached hydrogens (tertiary/aromatic N) is 1. The quantitative estimate of drug-likeness (QED) is 0.425. The molecule has 1 heterocycles. The molecule has 1 amide bonds. The first kappa shape index (κ1) is 13.5. The Kier molecular flexibility index (Phi) is 5.46. The van der Waals surface area contributed by atoms with Crippen molar-refractivity contribution in [2.45, 2.75) is 19.8 Å². The standard InChI is InChI=1S/C13H19NO3/c1-3-4-5-8-12(15)14-9-6-7-11(10-14)13(16)17-2/h3-5,8,11H,6-7,9-10H2,1-2H3/b4-3?,8-5+/t11-/m0/s1. The van der Waals surface area contributed by atoms with Crippen molar-refractivity contribution in [3.63, 3.8) is 0 Å². The van der Waals surface area contributed by atoms with Crippen LogP contribution in [0.1, 0.15) is 19.8 Å². The number of amides is 1. The van der Waals surface area contributed by atoms with E-state index in [1.807, 2.05) is 13.0 Å². The first-order valence-electron chi connectivity index (χ1n) is 5.85. The molecule has 1 atom stereocenters. The summed E-state index contributed by atoms with van der Waals surface area (Å²) in [5.41, 5.74) is 0. The summed E-state index contributed by atoms with van der Waals surface area (Å²) in [6, 6.07) is 0. The van der Waals surface area contributed by atoms with Crippen LogP contribution in [0.3, 0.4) is 0 Å². The number of rotatable bonds is 3. The molecule has 0 aliphatic carbocycles. The maximum Gasteiger partial charge on any atom is 0.310 e. The molecule has 0 aromatic rings. The van der Waals surface area contributed by atoms with Crippen LogP contribution in [0.15, 0.2) is 24.3 Å². The Hall–Kier alpha value is -1.58. The molecule has 0 saturated carbocycles. The second-order valence-electron chi connectivity index (χ2n) is 4.03. The minimum Gasteiger partial charge on any atom is -0.469 e. The lowest BCUT2D eigenvalue weighted by atomic mass is 9.98. The van der Waals surface area contributed by atoms with Crippen molar-refractivity contribution in [1.29, 1.82) is 0 Å². The lowest BCUT2D eigenvalue weighted by Crippen LogP contribution is -2.41. The zero-order valence-corrected chi connectivity index (χ0v) is 10.4. The third kappa shape index (κ3) is 4.06. The molecule has 0 bridgehead atoms. The molecule has 0 N–H and O–H groups in total. The number of allylic oxidation sites excluding steroid dienone is 3. The molecule has 1 rings (SSSR count). The Labute approximate surface area is 102 Å². The van der Waals surface area contributed by atoms with Gasteiger partial charge in [0.2, 0.25) is 5.91 Å². The molecule has 1 aliphatic heterocycles. The summed E-state index contributed by atoms with van der Waals surface area (Å²) in [6.07, 6.45) is 8.55. The molecule has 0 aromatic heterocycles. The second kappa shape index (κ2) is 6.89. The molecule has 1 fully saturated rings. The molecule has 94 valence electrons. The van der Waals surface area contributed by atoms with Crippen LogP contribution in [0.4, 0.5) is 0 Å². The highest BCUT2D eigenvalue weighted by Gasteiger charge is 2.27. The molecule has 17 heavy (non-hydrogen) atoms. The fourth-order valence-electron chi connectivity index (χ4n) is 1.89. The lowest BCUT2D eigenvalue weighted by Gasteiger charge is -2.30. The van der Waals surface area contributed by atoms with Crippen LogP contribution in [0.25, 0.3) is 0 Å². The smallest absolute Gasteiger partial charge is 0.310 e. The summed E-state index contributed by atoms with van der Waals surface area (Å²) in [7, 11) is 1.38. The van der Waals surface area contributed by atoms with Gasteiger partial charge in [-0.25, -0.2) is 0 Å². The molecular weight excluding hydrogens is 218 g/mol. The molecule has 1 aliphatic rings. The minimum atomic E-state index is -0.222. The van der Waals surface area contributed by atoms with E-state index in [-0.39, 0.29) is 17.8 Å². The fourth-order valence-corrected chi connectivity index (χ4v) is 1.89. The van der Waals surface area contributed by atoms with Gasteiger partial charge in [0, 0.05) is 19.2 Å². The average Bonchev–Trinajstić information content (AvgIpc) is 2.38. The zero-order valence-electron chi connectivity index (χ0n) is 10.4. The van der Waals surface area contributed by atoms with Crippen LogP contribution in [0, 0.1) is 5.92 Å². The third-order valence-corrected chi connectivity index (χ3v) is 2.81. The van der Waals surface area contributed by atoms with Gasteiger partial charge in [0.05, 0.1) is 13.0 Å². The molecule has 4 nitrogen and oxygen atoms in total. The van der Waals surface area contributed by atoms with E-state index >= 15 is 0 Å². The maximum absolute atomic E-state index is 11.8. The van der Waals surface area contributed by atoms with Crippen LogP contribution in [0.2, 0.25) is 0 Å². The van der Waals surface area contributed by atoms with Gasteiger partial charge in [-0.3, -0.25) is 9.59 Å². The van der Waals surface area contributed by atoms with Gasteiger partial charge in [-0.1, -0.05) is 18.2 Å². The summed E-state index contributed by atoms with van der Waals surface area (Å²) in [6.45, 7) is 3.07. The van der Waals surface area contributed by atoms with Crippen LogP contribution in [-0.2, 0) is 14.3 Å². The number of carbonyl (C=O) groups is 2. The number of ether oxygens (including phenoxy) is 1. The first-order valence-corrected chi connectivity index (χ1v) is 5.85. The number of likely N-dealkylation sites (tertiary alicyclic amines) is 1. The summed E-state index contributed by atoms with van der Waals surface area (Å²) >= 11 is 0. The molecule has 0 radical (unpaired) electrons. The number of hydrogen-bond donors (Lipinski definition) is 0. The predicted octanol–water partition coefficient (Wildman–Crippen LogP) is 1.53. The van der Waals surface area contributed by atoms with Crippen LogP contribution in [-0.4, -0.2) is 37.0 Å². The van der Waals surface area contributed by atoms with E-state index in [0.717, 1.165) is 12.8 Å². The highest BCUT2D eigenvalue weighted by molar-refractivity contribution is 5.88. The van der Waals surface area contributed by atoms with Gasteiger partial charge in [-0.15, -0.1) is 0 Å². The van der Waals surface area contributed by atoms with E-state index < -0.39 is 0 Å². The largest absolute Gasteiger partial charge is 0.469 e. The molecule has 1 saturated heterocycles. The molecular formula is C13H19NO3. The highest BCUT2D eigenvalue weighted by Crippen LogP contribution is 2.17. The Bertz CT molecular complexity index is 334. The van der Waals surface area contributed by atoms with Crippen molar-refractivity contribution >= 4 is 11.9 Å².